The van der Waals surface area contributed by atoms with Crippen LogP contribution in [-0.4, -0.2) is 20.0 Å². The van der Waals surface area contributed by atoms with Crippen molar-refractivity contribution in [3.05, 3.63) is 29.8 Å². The second kappa shape index (κ2) is 4.50. The molecule has 0 aliphatic rings. The number of carbonyl (C=O) groups excluding carboxylic acids is 1. The SMILES string of the molecule is CNC(=O)Cc1ccc(NC)cc1. The molecule has 0 saturated heterocycles. The van der Waals surface area contributed by atoms with E-state index in [1.165, 1.54) is 0 Å². The van der Waals surface area contributed by atoms with Crippen LogP contribution in [0, 0.1) is 0 Å². The lowest BCUT2D eigenvalue weighted by atomic mass is 10.1. The van der Waals surface area contributed by atoms with E-state index in [4.69, 9.17) is 0 Å². The summed E-state index contributed by atoms with van der Waals surface area (Å²) < 4.78 is 0. The lowest BCUT2D eigenvalue weighted by Gasteiger charge is -2.02. The molecule has 0 saturated carbocycles. The molecule has 0 heterocycles. The van der Waals surface area contributed by atoms with Gasteiger partial charge in [-0.3, -0.25) is 4.79 Å². The topological polar surface area (TPSA) is 41.1 Å². The minimum absolute atomic E-state index is 0.0391. The Bertz CT molecular complexity index is 279. The molecule has 0 radical (unpaired) electrons. The van der Waals surface area contributed by atoms with Crippen molar-refractivity contribution in [2.24, 2.45) is 0 Å². The van der Waals surface area contributed by atoms with Crippen molar-refractivity contribution in [1.82, 2.24) is 5.32 Å². The zero-order valence-corrected chi connectivity index (χ0v) is 7.92. The maximum Gasteiger partial charge on any atom is 0.224 e. The number of anilines is 1. The number of hydrogen-bond donors (Lipinski definition) is 2. The smallest absolute Gasteiger partial charge is 0.224 e. The Morgan fingerprint density at radius 3 is 2.31 bits per heavy atom. The molecule has 0 spiro atoms. The first-order chi connectivity index (χ1) is 6.26. The Labute approximate surface area is 78.2 Å². The first-order valence-corrected chi connectivity index (χ1v) is 4.23. The van der Waals surface area contributed by atoms with E-state index in [9.17, 15) is 4.79 Å². The summed E-state index contributed by atoms with van der Waals surface area (Å²) in [5.74, 6) is 0.0391. The molecule has 1 rings (SSSR count). The molecular weight excluding hydrogens is 164 g/mol. The summed E-state index contributed by atoms with van der Waals surface area (Å²) in [4.78, 5) is 11.0. The van der Waals surface area contributed by atoms with Crippen molar-refractivity contribution in [2.45, 2.75) is 6.42 Å². The molecule has 3 nitrogen and oxygen atoms in total. The van der Waals surface area contributed by atoms with E-state index < -0.39 is 0 Å². The Kier molecular flexibility index (Phi) is 3.31. The molecule has 0 aliphatic carbocycles. The standard InChI is InChI=1S/C10H14N2O/c1-11-9-5-3-8(4-6-9)7-10(13)12-2/h3-6,11H,7H2,1-2H3,(H,12,13). The van der Waals surface area contributed by atoms with Gasteiger partial charge in [0.25, 0.3) is 0 Å². The van der Waals surface area contributed by atoms with E-state index in [2.05, 4.69) is 10.6 Å². The van der Waals surface area contributed by atoms with E-state index >= 15 is 0 Å². The van der Waals surface area contributed by atoms with Crippen molar-refractivity contribution < 1.29 is 4.79 Å². The van der Waals surface area contributed by atoms with Gasteiger partial charge in [-0.1, -0.05) is 12.1 Å². The van der Waals surface area contributed by atoms with Gasteiger partial charge >= 0.3 is 0 Å². The van der Waals surface area contributed by atoms with Gasteiger partial charge < -0.3 is 10.6 Å². The van der Waals surface area contributed by atoms with Crippen LogP contribution in [0.5, 0.6) is 0 Å². The summed E-state index contributed by atoms with van der Waals surface area (Å²) in [6.07, 6.45) is 0.445. The maximum absolute atomic E-state index is 11.0. The second-order valence-corrected chi connectivity index (χ2v) is 2.80. The number of rotatable bonds is 3. The Hall–Kier alpha value is -1.51. The van der Waals surface area contributed by atoms with E-state index in [0.29, 0.717) is 6.42 Å². The normalized spacial score (nSPS) is 9.38. The molecular formula is C10H14N2O. The molecule has 3 heteroatoms. The van der Waals surface area contributed by atoms with Gasteiger partial charge in [-0.15, -0.1) is 0 Å². The molecule has 1 aromatic carbocycles. The highest BCUT2D eigenvalue weighted by molar-refractivity contribution is 5.78. The van der Waals surface area contributed by atoms with E-state index in [-0.39, 0.29) is 5.91 Å². The average molecular weight is 178 g/mol. The van der Waals surface area contributed by atoms with Gasteiger partial charge in [-0.2, -0.15) is 0 Å². The molecule has 0 unspecified atom stereocenters. The van der Waals surface area contributed by atoms with E-state index in [0.717, 1.165) is 11.3 Å². The van der Waals surface area contributed by atoms with Gasteiger partial charge in [-0.25, -0.2) is 0 Å². The highest BCUT2D eigenvalue weighted by Crippen LogP contribution is 2.08. The molecule has 0 aromatic heterocycles. The summed E-state index contributed by atoms with van der Waals surface area (Å²) in [5.41, 5.74) is 2.08. The predicted octanol–water partition coefficient (Wildman–Crippen LogP) is 1.02. The highest BCUT2D eigenvalue weighted by atomic mass is 16.1. The molecule has 70 valence electrons. The van der Waals surface area contributed by atoms with Gasteiger partial charge in [0.05, 0.1) is 6.42 Å². The molecule has 0 bridgehead atoms. The molecule has 2 N–H and O–H groups in total. The van der Waals surface area contributed by atoms with Crippen LogP contribution in [0.25, 0.3) is 0 Å². The van der Waals surface area contributed by atoms with E-state index in [1.54, 1.807) is 7.05 Å². The number of likely N-dealkylation sites (N-methyl/N-ethyl adjacent to an activating group) is 1. The predicted molar refractivity (Wildman–Crippen MR) is 53.8 cm³/mol. The Balaban J connectivity index is 2.64. The molecule has 1 aromatic rings. The first-order valence-electron chi connectivity index (χ1n) is 4.23. The quantitative estimate of drug-likeness (QED) is 0.725. The van der Waals surface area contributed by atoms with Crippen molar-refractivity contribution in [3.63, 3.8) is 0 Å². The third-order valence-corrected chi connectivity index (χ3v) is 1.89. The van der Waals surface area contributed by atoms with Crippen molar-refractivity contribution in [3.8, 4) is 0 Å². The minimum Gasteiger partial charge on any atom is -0.388 e. The molecule has 1 amide bonds. The monoisotopic (exact) mass is 178 g/mol. The van der Waals surface area contributed by atoms with Gasteiger partial charge in [0.15, 0.2) is 0 Å². The lowest BCUT2D eigenvalue weighted by Crippen LogP contribution is -2.19. The fourth-order valence-corrected chi connectivity index (χ4v) is 1.06. The van der Waals surface area contributed by atoms with Crippen molar-refractivity contribution in [1.29, 1.82) is 0 Å². The van der Waals surface area contributed by atoms with Gasteiger partial charge in [-0.05, 0) is 17.7 Å². The molecule has 0 aliphatic heterocycles. The van der Waals surface area contributed by atoms with Crippen LogP contribution in [0.3, 0.4) is 0 Å². The maximum atomic E-state index is 11.0. The Morgan fingerprint density at radius 2 is 1.85 bits per heavy atom. The number of amides is 1. The molecule has 0 fully saturated rings. The van der Waals surface area contributed by atoms with Gasteiger partial charge in [0.2, 0.25) is 5.91 Å². The third-order valence-electron chi connectivity index (χ3n) is 1.89. The largest absolute Gasteiger partial charge is 0.388 e. The van der Waals surface area contributed by atoms with Crippen molar-refractivity contribution in [2.75, 3.05) is 19.4 Å². The summed E-state index contributed by atoms with van der Waals surface area (Å²) in [7, 11) is 3.51. The van der Waals surface area contributed by atoms with Crippen LogP contribution in [0.1, 0.15) is 5.56 Å². The van der Waals surface area contributed by atoms with Crippen LogP contribution in [0.4, 0.5) is 5.69 Å². The fourth-order valence-electron chi connectivity index (χ4n) is 1.06. The second-order valence-electron chi connectivity index (χ2n) is 2.80. The van der Waals surface area contributed by atoms with Crippen LogP contribution >= 0.6 is 0 Å². The third kappa shape index (κ3) is 2.78. The number of benzene rings is 1. The average Bonchev–Trinajstić information content (AvgIpc) is 2.19. The summed E-state index contributed by atoms with van der Waals surface area (Å²) >= 11 is 0. The number of hydrogen-bond acceptors (Lipinski definition) is 2. The zero-order chi connectivity index (χ0) is 9.68. The highest BCUT2D eigenvalue weighted by Gasteiger charge is 1.99. The molecule has 13 heavy (non-hydrogen) atoms. The van der Waals surface area contributed by atoms with Gasteiger partial charge in [0.1, 0.15) is 0 Å². The number of nitrogens with one attached hydrogen (secondary N) is 2. The number of carbonyl (C=O) groups is 1. The fraction of sp³-hybridized carbons (Fsp3) is 0.300. The van der Waals surface area contributed by atoms with E-state index in [1.807, 2.05) is 31.3 Å². The zero-order valence-electron chi connectivity index (χ0n) is 7.92. The summed E-state index contributed by atoms with van der Waals surface area (Å²) in [6.45, 7) is 0. The lowest BCUT2D eigenvalue weighted by molar-refractivity contribution is -0.119. The Morgan fingerprint density at radius 1 is 1.23 bits per heavy atom. The minimum atomic E-state index is 0.0391. The summed E-state index contributed by atoms with van der Waals surface area (Å²) in [5, 5.41) is 5.61. The van der Waals surface area contributed by atoms with Crippen molar-refractivity contribution >= 4 is 11.6 Å². The van der Waals surface area contributed by atoms with Gasteiger partial charge in [0, 0.05) is 19.8 Å². The first kappa shape index (κ1) is 9.58. The summed E-state index contributed by atoms with van der Waals surface area (Å²) in [6, 6.07) is 7.80. The molecule has 0 atom stereocenters. The van der Waals surface area contributed by atoms with Crippen LogP contribution in [0.15, 0.2) is 24.3 Å². The van der Waals surface area contributed by atoms with Crippen LogP contribution in [-0.2, 0) is 11.2 Å². The van der Waals surface area contributed by atoms with Crippen LogP contribution in [0.2, 0.25) is 0 Å². The van der Waals surface area contributed by atoms with Crippen LogP contribution < -0.4 is 10.6 Å².